The van der Waals surface area contributed by atoms with Gasteiger partial charge in [-0.1, -0.05) is 0 Å². The second kappa shape index (κ2) is 7.44. The van der Waals surface area contributed by atoms with Crippen LogP contribution in [-0.2, 0) is 19.1 Å². The Bertz CT molecular complexity index is 530. The average molecular weight is 455 g/mol. The highest BCUT2D eigenvalue weighted by Crippen LogP contribution is 2.35. The van der Waals surface area contributed by atoms with E-state index >= 15 is 0 Å². The smallest absolute Gasteiger partial charge is 0.303 e. The molecule has 23 heavy (non-hydrogen) atoms. The van der Waals surface area contributed by atoms with Crippen molar-refractivity contribution in [2.45, 2.75) is 58.1 Å². The number of ether oxygens (including phenoxy) is 1. The molecule has 1 aliphatic heterocycles. The summed E-state index contributed by atoms with van der Waals surface area (Å²) in [4.78, 5) is 36.2. The Labute approximate surface area is 152 Å². The molecule has 1 N–H and O–H groups in total. The maximum Gasteiger partial charge on any atom is 0.303 e. The molecule has 1 aliphatic rings. The molecule has 0 aliphatic carbocycles. The van der Waals surface area contributed by atoms with Gasteiger partial charge in [0.2, 0.25) is 0 Å². The van der Waals surface area contributed by atoms with E-state index in [0.29, 0.717) is 19.4 Å². The fourth-order valence-corrected chi connectivity index (χ4v) is 2.89. The van der Waals surface area contributed by atoms with Gasteiger partial charge in [0.25, 0.3) is 11.8 Å². The number of rotatable bonds is 8. The van der Waals surface area contributed by atoms with Gasteiger partial charge in [0.15, 0.2) is 0 Å². The summed E-state index contributed by atoms with van der Waals surface area (Å²) in [5.41, 5.74) is -1.29. The quantitative estimate of drug-likeness (QED) is 0.569. The van der Waals surface area contributed by atoms with Gasteiger partial charge < -0.3 is 9.84 Å². The van der Waals surface area contributed by atoms with E-state index in [1.807, 2.05) is 13.8 Å². The molecule has 0 aromatic rings. The summed E-state index contributed by atoms with van der Waals surface area (Å²) >= 11 is 6.22. The molecule has 0 radical (unpaired) electrons. The zero-order valence-corrected chi connectivity index (χ0v) is 16.8. The summed E-state index contributed by atoms with van der Waals surface area (Å²) in [6.07, 6.45) is 0.869. The van der Waals surface area contributed by atoms with Crippen molar-refractivity contribution >= 4 is 49.6 Å². The number of nitrogens with zero attached hydrogens (tertiary/aromatic N) is 1. The summed E-state index contributed by atoms with van der Waals surface area (Å²) in [5, 5.41) is 8.73. The van der Waals surface area contributed by atoms with Crippen molar-refractivity contribution in [1.82, 2.24) is 4.90 Å². The van der Waals surface area contributed by atoms with Crippen LogP contribution in [0.2, 0.25) is 0 Å². The molecule has 0 saturated heterocycles. The fourth-order valence-electron chi connectivity index (χ4n) is 2.20. The number of imide groups is 1. The first-order chi connectivity index (χ1) is 10.4. The number of carbonyl (C=O) groups is 3. The number of carboxylic acid groups (broad SMARTS) is 1. The summed E-state index contributed by atoms with van der Waals surface area (Å²) in [5.74, 6) is -1.62. The van der Waals surface area contributed by atoms with Crippen molar-refractivity contribution in [3.05, 3.63) is 8.96 Å². The van der Waals surface area contributed by atoms with Crippen LogP contribution >= 0.6 is 31.9 Å². The first kappa shape index (κ1) is 20.3. The third kappa shape index (κ3) is 5.12. The summed E-state index contributed by atoms with van der Waals surface area (Å²) in [6, 6.07) is 0. The van der Waals surface area contributed by atoms with Gasteiger partial charge in [0.05, 0.1) is 5.60 Å². The molecule has 8 heteroatoms. The Hall–Kier alpha value is -0.730. The minimum Gasteiger partial charge on any atom is -0.481 e. The van der Waals surface area contributed by atoms with Crippen molar-refractivity contribution < 1.29 is 24.2 Å². The zero-order valence-electron chi connectivity index (χ0n) is 13.6. The molecule has 0 unspecified atom stereocenters. The maximum absolute atomic E-state index is 12.2. The van der Waals surface area contributed by atoms with E-state index in [1.54, 1.807) is 13.8 Å². The van der Waals surface area contributed by atoms with Gasteiger partial charge in [-0.05, 0) is 72.4 Å². The van der Waals surface area contributed by atoms with E-state index in [9.17, 15) is 14.4 Å². The highest BCUT2D eigenvalue weighted by molar-refractivity contribution is 9.14. The van der Waals surface area contributed by atoms with E-state index in [1.165, 1.54) is 4.90 Å². The molecule has 0 spiro atoms. The lowest BCUT2D eigenvalue weighted by atomic mass is 9.98. The first-order valence-electron chi connectivity index (χ1n) is 7.19. The highest BCUT2D eigenvalue weighted by Gasteiger charge is 2.44. The summed E-state index contributed by atoms with van der Waals surface area (Å²) in [7, 11) is 0. The van der Waals surface area contributed by atoms with Crippen LogP contribution in [0.3, 0.4) is 0 Å². The molecule has 6 nitrogen and oxygen atoms in total. The third-order valence-corrected chi connectivity index (χ3v) is 5.73. The van der Waals surface area contributed by atoms with Crippen molar-refractivity contribution in [1.29, 1.82) is 0 Å². The topological polar surface area (TPSA) is 83.9 Å². The zero-order chi connectivity index (χ0) is 18.0. The van der Waals surface area contributed by atoms with Crippen LogP contribution in [0, 0.1) is 0 Å². The lowest BCUT2D eigenvalue weighted by molar-refractivity contribution is -0.145. The molecule has 0 aromatic heterocycles. The van der Waals surface area contributed by atoms with Crippen LogP contribution in [0.15, 0.2) is 8.96 Å². The molecule has 0 bridgehead atoms. The number of carbonyl (C=O) groups excluding carboxylic acids is 2. The largest absolute Gasteiger partial charge is 0.481 e. The Morgan fingerprint density at radius 3 is 2.00 bits per heavy atom. The monoisotopic (exact) mass is 453 g/mol. The molecular formula is C15H21Br2NO5. The van der Waals surface area contributed by atoms with Crippen molar-refractivity contribution in [2.24, 2.45) is 0 Å². The van der Waals surface area contributed by atoms with E-state index in [-0.39, 0.29) is 27.2 Å². The molecule has 2 amide bonds. The Kier molecular flexibility index (Phi) is 6.57. The van der Waals surface area contributed by atoms with Crippen LogP contribution in [0.1, 0.15) is 47.0 Å². The van der Waals surface area contributed by atoms with Crippen LogP contribution in [0.5, 0.6) is 0 Å². The lowest BCUT2D eigenvalue weighted by Gasteiger charge is -2.35. The molecule has 0 fully saturated rings. The van der Waals surface area contributed by atoms with Crippen LogP contribution in [0.25, 0.3) is 0 Å². The molecular weight excluding hydrogens is 434 g/mol. The van der Waals surface area contributed by atoms with Crippen molar-refractivity contribution in [3.63, 3.8) is 0 Å². The minimum atomic E-state index is -0.865. The number of hydrogen-bond acceptors (Lipinski definition) is 4. The van der Waals surface area contributed by atoms with Crippen LogP contribution in [0.4, 0.5) is 0 Å². The summed E-state index contributed by atoms with van der Waals surface area (Å²) < 4.78 is 6.19. The van der Waals surface area contributed by atoms with Gasteiger partial charge in [0, 0.05) is 18.6 Å². The van der Waals surface area contributed by atoms with Crippen molar-refractivity contribution in [3.8, 4) is 0 Å². The van der Waals surface area contributed by atoms with Crippen LogP contribution in [-0.4, -0.2) is 45.5 Å². The number of hydrogen-bond donors (Lipinski definition) is 1. The molecule has 1 rings (SSSR count). The Morgan fingerprint density at radius 1 is 1.09 bits per heavy atom. The normalized spacial score (nSPS) is 16.5. The predicted molar refractivity (Wildman–Crippen MR) is 92.3 cm³/mol. The number of amides is 2. The van der Waals surface area contributed by atoms with E-state index in [4.69, 9.17) is 9.84 Å². The first-order valence-corrected chi connectivity index (χ1v) is 8.77. The molecule has 0 saturated carbocycles. The van der Waals surface area contributed by atoms with E-state index in [0.717, 1.165) is 0 Å². The SMILES string of the molecule is CC(C)(CCC(=O)O)OCCC(C)(C)N1C(=O)C(Br)=C(Br)C1=O. The third-order valence-electron chi connectivity index (χ3n) is 3.73. The average Bonchev–Trinajstić information content (AvgIpc) is 2.60. The second-order valence-electron chi connectivity index (χ2n) is 6.64. The Balaban J connectivity index is 2.62. The predicted octanol–water partition coefficient (Wildman–Crippen LogP) is 3.19. The second-order valence-corrected chi connectivity index (χ2v) is 8.22. The molecule has 0 aromatic carbocycles. The van der Waals surface area contributed by atoms with Gasteiger partial charge >= 0.3 is 5.97 Å². The molecule has 0 atom stereocenters. The van der Waals surface area contributed by atoms with Gasteiger partial charge in [-0.25, -0.2) is 0 Å². The molecule has 1 heterocycles. The number of aliphatic carboxylic acids is 1. The van der Waals surface area contributed by atoms with Gasteiger partial charge in [0.1, 0.15) is 8.96 Å². The van der Waals surface area contributed by atoms with Crippen molar-refractivity contribution in [2.75, 3.05) is 6.61 Å². The fraction of sp³-hybridized carbons (Fsp3) is 0.667. The number of halogens is 2. The van der Waals surface area contributed by atoms with E-state index < -0.39 is 17.1 Å². The van der Waals surface area contributed by atoms with Gasteiger partial charge in [-0.3, -0.25) is 19.3 Å². The van der Waals surface area contributed by atoms with Gasteiger partial charge in [-0.2, -0.15) is 0 Å². The lowest BCUT2D eigenvalue weighted by Crippen LogP contribution is -2.49. The highest BCUT2D eigenvalue weighted by atomic mass is 79.9. The van der Waals surface area contributed by atoms with Gasteiger partial charge in [-0.15, -0.1) is 0 Å². The molecule has 130 valence electrons. The standard InChI is InChI=1S/C15H21Br2NO5/c1-14(2,18-12(21)10(16)11(17)13(18)22)7-8-23-15(3,4)6-5-9(19)20/h5-8H2,1-4H3,(H,19,20). The maximum atomic E-state index is 12.2. The minimum absolute atomic E-state index is 0.0311. The van der Waals surface area contributed by atoms with E-state index in [2.05, 4.69) is 31.9 Å². The van der Waals surface area contributed by atoms with Crippen LogP contribution < -0.4 is 0 Å². The number of carboxylic acids is 1. The Morgan fingerprint density at radius 2 is 1.57 bits per heavy atom. The summed E-state index contributed by atoms with van der Waals surface area (Å²) in [6.45, 7) is 7.55.